The summed E-state index contributed by atoms with van der Waals surface area (Å²) in [4.78, 5) is 10.3. The second-order valence-electron chi connectivity index (χ2n) is 1.88. The Morgan fingerprint density at radius 3 is 2.70 bits per heavy atom. The summed E-state index contributed by atoms with van der Waals surface area (Å²) in [5, 5.41) is 0. The van der Waals surface area contributed by atoms with Crippen molar-refractivity contribution in [1.29, 1.82) is 0 Å². The fraction of sp³-hybridized carbons (Fsp3) is 0.833. The highest BCUT2D eigenvalue weighted by molar-refractivity contribution is 9.06. The molecule has 0 radical (unpaired) electrons. The zero-order valence-electron chi connectivity index (χ0n) is 5.93. The Morgan fingerprint density at radius 2 is 2.20 bits per heavy atom. The summed E-state index contributed by atoms with van der Waals surface area (Å²) in [7, 11) is 0. The third-order valence-corrected chi connectivity index (χ3v) is 1.30. The van der Waals surface area contributed by atoms with E-state index in [9.17, 15) is 4.79 Å². The minimum atomic E-state index is -0.670. The monoisotopic (exact) mass is 210 g/mol. The van der Waals surface area contributed by atoms with E-state index in [1.165, 1.54) is 0 Å². The molecule has 0 N–H and O–H groups in total. The van der Waals surface area contributed by atoms with Crippen molar-refractivity contribution in [3.63, 3.8) is 0 Å². The van der Waals surface area contributed by atoms with Crippen molar-refractivity contribution in [3.8, 4) is 0 Å². The van der Waals surface area contributed by atoms with Gasteiger partial charge in [-0.1, -0.05) is 19.8 Å². The van der Waals surface area contributed by atoms with Gasteiger partial charge in [-0.05, 0) is 6.42 Å². The molecule has 0 aliphatic rings. The molecular formula is C6H11BrO3. The highest BCUT2D eigenvalue weighted by atomic mass is 79.9. The Labute approximate surface area is 69.1 Å². The van der Waals surface area contributed by atoms with E-state index >= 15 is 0 Å². The van der Waals surface area contributed by atoms with Crippen LogP contribution in [0.3, 0.4) is 0 Å². The third kappa shape index (κ3) is 5.88. The number of hydrogen-bond acceptors (Lipinski definition) is 3. The van der Waals surface area contributed by atoms with Crippen molar-refractivity contribution in [2.45, 2.75) is 26.2 Å². The van der Waals surface area contributed by atoms with Crippen LogP contribution in [0.25, 0.3) is 0 Å². The van der Waals surface area contributed by atoms with Gasteiger partial charge in [0.05, 0.1) is 6.61 Å². The number of unbranched alkanes of at least 4 members (excludes halogenated alkanes) is 2. The molecule has 0 aromatic carbocycles. The van der Waals surface area contributed by atoms with Crippen LogP contribution in [-0.4, -0.2) is 12.8 Å². The number of carbonyl (C=O) groups excluding carboxylic acids is 1. The zero-order valence-corrected chi connectivity index (χ0v) is 7.52. The molecule has 0 aliphatic heterocycles. The fourth-order valence-electron chi connectivity index (χ4n) is 0.530. The van der Waals surface area contributed by atoms with E-state index in [1.54, 1.807) is 0 Å². The lowest BCUT2D eigenvalue weighted by molar-refractivity contribution is 0.107. The Bertz CT molecular complexity index is 95.0. The summed E-state index contributed by atoms with van der Waals surface area (Å²) in [5.41, 5.74) is 0. The van der Waals surface area contributed by atoms with Crippen LogP contribution < -0.4 is 0 Å². The Morgan fingerprint density at radius 1 is 1.50 bits per heavy atom. The van der Waals surface area contributed by atoms with E-state index < -0.39 is 6.16 Å². The predicted molar refractivity (Wildman–Crippen MR) is 40.9 cm³/mol. The van der Waals surface area contributed by atoms with Crippen LogP contribution >= 0.6 is 16.3 Å². The van der Waals surface area contributed by atoms with Gasteiger partial charge in [0.1, 0.15) is 0 Å². The first-order chi connectivity index (χ1) is 4.81. The molecule has 0 spiro atoms. The van der Waals surface area contributed by atoms with Gasteiger partial charge in [-0.2, -0.15) is 0 Å². The Balaban J connectivity index is 2.96. The van der Waals surface area contributed by atoms with Crippen molar-refractivity contribution >= 4 is 22.4 Å². The molecule has 0 saturated heterocycles. The molecule has 0 unspecified atom stereocenters. The van der Waals surface area contributed by atoms with Crippen molar-refractivity contribution < 1.29 is 13.4 Å². The second-order valence-corrected chi connectivity index (χ2v) is 2.21. The van der Waals surface area contributed by atoms with Crippen LogP contribution in [-0.2, 0) is 8.57 Å². The van der Waals surface area contributed by atoms with E-state index in [0.29, 0.717) is 6.61 Å². The van der Waals surface area contributed by atoms with E-state index in [0.717, 1.165) is 19.3 Å². The van der Waals surface area contributed by atoms with Gasteiger partial charge in [-0.3, -0.25) is 0 Å². The molecule has 10 heavy (non-hydrogen) atoms. The minimum Gasteiger partial charge on any atom is -0.434 e. The van der Waals surface area contributed by atoms with Gasteiger partial charge in [-0.15, -0.1) is 0 Å². The largest absolute Gasteiger partial charge is 0.520 e. The number of ether oxygens (including phenoxy) is 1. The van der Waals surface area contributed by atoms with E-state index in [4.69, 9.17) is 0 Å². The second kappa shape index (κ2) is 6.86. The van der Waals surface area contributed by atoms with Crippen molar-refractivity contribution in [1.82, 2.24) is 0 Å². The standard InChI is InChI=1S/C6H11BrO3/c1-2-3-4-5-9-6(8)10-7/h2-5H2,1H3. The van der Waals surface area contributed by atoms with Gasteiger partial charge >= 0.3 is 6.16 Å². The minimum absolute atomic E-state index is 0.443. The maximum absolute atomic E-state index is 10.3. The Hall–Kier alpha value is -0.250. The van der Waals surface area contributed by atoms with E-state index in [1.807, 2.05) is 0 Å². The molecule has 0 heterocycles. The summed E-state index contributed by atoms with van der Waals surface area (Å²) in [6, 6.07) is 0. The number of carbonyl (C=O) groups is 1. The van der Waals surface area contributed by atoms with Crippen LogP contribution in [0.2, 0.25) is 0 Å². The van der Waals surface area contributed by atoms with Gasteiger partial charge in [0.15, 0.2) is 16.3 Å². The number of halogens is 1. The molecule has 0 saturated carbocycles. The Kier molecular flexibility index (Phi) is 6.69. The average molecular weight is 211 g/mol. The van der Waals surface area contributed by atoms with Gasteiger partial charge in [0.2, 0.25) is 0 Å². The number of hydrogen-bond donors (Lipinski definition) is 0. The first-order valence-corrected chi connectivity index (χ1v) is 3.91. The van der Waals surface area contributed by atoms with Crippen molar-refractivity contribution in [3.05, 3.63) is 0 Å². The summed E-state index contributed by atoms with van der Waals surface area (Å²) in [6.07, 6.45) is 2.43. The third-order valence-electron chi connectivity index (χ3n) is 1.03. The lowest BCUT2D eigenvalue weighted by atomic mass is 10.3. The molecule has 0 aromatic heterocycles. The van der Waals surface area contributed by atoms with Crippen LogP contribution in [0.1, 0.15) is 26.2 Å². The molecule has 4 heteroatoms. The molecule has 0 fully saturated rings. The van der Waals surface area contributed by atoms with Crippen molar-refractivity contribution in [2.75, 3.05) is 6.61 Å². The molecular weight excluding hydrogens is 200 g/mol. The quantitative estimate of drug-likeness (QED) is 0.529. The molecule has 0 atom stereocenters. The highest BCUT2D eigenvalue weighted by Gasteiger charge is 1.98. The van der Waals surface area contributed by atoms with Crippen LogP contribution in [0.5, 0.6) is 0 Å². The molecule has 60 valence electrons. The van der Waals surface area contributed by atoms with Gasteiger partial charge in [0.25, 0.3) is 0 Å². The molecule has 0 aliphatic carbocycles. The fourth-order valence-corrected chi connectivity index (χ4v) is 0.623. The average Bonchev–Trinajstić information content (AvgIpc) is 1.98. The zero-order chi connectivity index (χ0) is 7.82. The maximum Gasteiger partial charge on any atom is 0.520 e. The lowest BCUT2D eigenvalue weighted by Crippen LogP contribution is -2.02. The van der Waals surface area contributed by atoms with Crippen LogP contribution in [0.4, 0.5) is 4.79 Å². The van der Waals surface area contributed by atoms with Crippen LogP contribution in [0.15, 0.2) is 0 Å². The summed E-state index contributed by atoms with van der Waals surface area (Å²) in [6.45, 7) is 2.53. The maximum atomic E-state index is 10.3. The lowest BCUT2D eigenvalue weighted by Gasteiger charge is -1.99. The van der Waals surface area contributed by atoms with Gasteiger partial charge in [-0.25, -0.2) is 4.79 Å². The summed E-state index contributed by atoms with van der Waals surface area (Å²) < 4.78 is 8.67. The predicted octanol–water partition coefficient (Wildman–Crippen LogP) is 2.64. The number of rotatable bonds is 4. The normalized spacial score (nSPS) is 9.00. The van der Waals surface area contributed by atoms with Gasteiger partial charge in [0, 0.05) is 0 Å². The SMILES string of the molecule is CCCCCOC(=O)OBr. The highest BCUT2D eigenvalue weighted by Crippen LogP contribution is 1.96. The van der Waals surface area contributed by atoms with E-state index in [-0.39, 0.29) is 0 Å². The van der Waals surface area contributed by atoms with Gasteiger partial charge < -0.3 is 8.57 Å². The topological polar surface area (TPSA) is 35.5 Å². The van der Waals surface area contributed by atoms with Crippen molar-refractivity contribution in [2.24, 2.45) is 0 Å². The summed E-state index contributed by atoms with van der Waals surface area (Å²) >= 11 is 2.51. The first-order valence-electron chi connectivity index (χ1n) is 3.26. The first kappa shape index (κ1) is 9.75. The molecule has 0 amide bonds. The molecule has 3 nitrogen and oxygen atoms in total. The molecule has 0 rings (SSSR count). The van der Waals surface area contributed by atoms with E-state index in [2.05, 4.69) is 31.7 Å². The smallest absolute Gasteiger partial charge is 0.434 e. The molecule has 0 aromatic rings. The van der Waals surface area contributed by atoms with Crippen LogP contribution in [0, 0.1) is 0 Å². The molecule has 0 bridgehead atoms. The summed E-state index contributed by atoms with van der Waals surface area (Å²) in [5.74, 6) is 0.